The van der Waals surface area contributed by atoms with Gasteiger partial charge in [-0.15, -0.1) is 0 Å². The number of nitrogens with two attached hydrogens (primary N) is 1. The molecule has 2 aromatic carbocycles. The second kappa shape index (κ2) is 5.90. The van der Waals surface area contributed by atoms with Gasteiger partial charge in [0.2, 0.25) is 0 Å². The molecular formula is C13H11BrN2O2S2. The van der Waals surface area contributed by atoms with Gasteiger partial charge in [-0.25, -0.2) is 8.42 Å². The van der Waals surface area contributed by atoms with Crippen LogP contribution in [0.1, 0.15) is 5.56 Å². The second-order valence-corrected chi connectivity index (χ2v) is 7.01. The van der Waals surface area contributed by atoms with Gasteiger partial charge in [0.25, 0.3) is 10.0 Å². The van der Waals surface area contributed by atoms with E-state index >= 15 is 0 Å². The Morgan fingerprint density at radius 1 is 1.15 bits per heavy atom. The highest BCUT2D eigenvalue weighted by Gasteiger charge is 2.16. The second-order valence-electron chi connectivity index (χ2n) is 3.97. The predicted octanol–water partition coefficient (Wildman–Crippen LogP) is 2.88. The van der Waals surface area contributed by atoms with Gasteiger partial charge in [0.1, 0.15) is 4.99 Å². The fourth-order valence-electron chi connectivity index (χ4n) is 1.61. The summed E-state index contributed by atoms with van der Waals surface area (Å²) in [6.07, 6.45) is 0. The molecule has 0 atom stereocenters. The molecule has 0 unspecified atom stereocenters. The first-order valence-electron chi connectivity index (χ1n) is 5.57. The SMILES string of the molecule is NC(=S)c1cc(Br)ccc1NS(=O)(=O)c1ccccc1. The summed E-state index contributed by atoms with van der Waals surface area (Å²) in [6.45, 7) is 0. The van der Waals surface area contributed by atoms with Crippen molar-refractivity contribution in [3.05, 3.63) is 58.6 Å². The average Bonchev–Trinajstić information content (AvgIpc) is 2.41. The standard InChI is InChI=1S/C13H11BrN2O2S2/c14-9-6-7-12(11(8-9)13(15)19)16-20(17,18)10-4-2-1-3-5-10/h1-8,16H,(H2,15,19). The van der Waals surface area contributed by atoms with E-state index in [2.05, 4.69) is 20.7 Å². The Morgan fingerprint density at radius 2 is 1.80 bits per heavy atom. The van der Waals surface area contributed by atoms with Crippen LogP contribution in [0.2, 0.25) is 0 Å². The Kier molecular flexibility index (Phi) is 4.42. The van der Waals surface area contributed by atoms with Crippen LogP contribution < -0.4 is 10.5 Å². The Bertz CT molecular complexity index is 746. The summed E-state index contributed by atoms with van der Waals surface area (Å²) < 4.78 is 27.8. The van der Waals surface area contributed by atoms with Gasteiger partial charge in [0, 0.05) is 10.0 Å². The Hall–Kier alpha value is -1.44. The summed E-state index contributed by atoms with van der Waals surface area (Å²) in [5.74, 6) is 0. The molecule has 0 aliphatic carbocycles. The highest BCUT2D eigenvalue weighted by Crippen LogP contribution is 2.23. The van der Waals surface area contributed by atoms with Crippen LogP contribution in [0.3, 0.4) is 0 Å². The molecule has 0 heterocycles. The fraction of sp³-hybridized carbons (Fsp3) is 0. The topological polar surface area (TPSA) is 72.2 Å². The van der Waals surface area contributed by atoms with Gasteiger partial charge in [0.05, 0.1) is 10.6 Å². The van der Waals surface area contributed by atoms with E-state index in [0.29, 0.717) is 11.3 Å². The van der Waals surface area contributed by atoms with Gasteiger partial charge in [0.15, 0.2) is 0 Å². The smallest absolute Gasteiger partial charge is 0.261 e. The molecule has 7 heteroatoms. The number of halogens is 1. The molecule has 0 radical (unpaired) electrons. The van der Waals surface area contributed by atoms with E-state index in [1.54, 1.807) is 36.4 Å². The van der Waals surface area contributed by atoms with Crippen LogP contribution in [0.4, 0.5) is 5.69 Å². The van der Waals surface area contributed by atoms with Crippen molar-refractivity contribution in [1.29, 1.82) is 0 Å². The molecule has 0 aromatic heterocycles. The molecule has 20 heavy (non-hydrogen) atoms. The molecule has 0 fully saturated rings. The lowest BCUT2D eigenvalue weighted by molar-refractivity contribution is 0.601. The lowest BCUT2D eigenvalue weighted by atomic mass is 10.2. The first-order valence-corrected chi connectivity index (χ1v) is 8.26. The summed E-state index contributed by atoms with van der Waals surface area (Å²) in [7, 11) is -3.66. The highest BCUT2D eigenvalue weighted by atomic mass is 79.9. The van der Waals surface area contributed by atoms with E-state index in [9.17, 15) is 8.42 Å². The first-order chi connectivity index (χ1) is 9.40. The zero-order valence-electron chi connectivity index (χ0n) is 10.2. The molecule has 2 rings (SSSR count). The van der Waals surface area contributed by atoms with Crippen LogP contribution in [0.15, 0.2) is 57.9 Å². The van der Waals surface area contributed by atoms with Crippen molar-refractivity contribution in [3.8, 4) is 0 Å². The number of anilines is 1. The maximum atomic E-state index is 12.3. The summed E-state index contributed by atoms with van der Waals surface area (Å²) in [5.41, 5.74) is 6.43. The van der Waals surface area contributed by atoms with Crippen LogP contribution in [-0.4, -0.2) is 13.4 Å². The van der Waals surface area contributed by atoms with E-state index < -0.39 is 10.0 Å². The zero-order chi connectivity index (χ0) is 14.8. The molecule has 0 amide bonds. The predicted molar refractivity (Wildman–Crippen MR) is 87.3 cm³/mol. The van der Waals surface area contributed by atoms with Crippen molar-refractivity contribution in [2.75, 3.05) is 4.72 Å². The van der Waals surface area contributed by atoms with Crippen molar-refractivity contribution >= 4 is 48.8 Å². The maximum Gasteiger partial charge on any atom is 0.261 e. The van der Waals surface area contributed by atoms with Crippen molar-refractivity contribution < 1.29 is 8.42 Å². The lowest BCUT2D eigenvalue weighted by Crippen LogP contribution is -2.18. The van der Waals surface area contributed by atoms with Crippen molar-refractivity contribution in [3.63, 3.8) is 0 Å². The summed E-state index contributed by atoms with van der Waals surface area (Å²) >= 11 is 8.23. The largest absolute Gasteiger partial charge is 0.389 e. The lowest BCUT2D eigenvalue weighted by Gasteiger charge is -2.12. The molecule has 0 bridgehead atoms. The van der Waals surface area contributed by atoms with Crippen LogP contribution in [0.5, 0.6) is 0 Å². The number of rotatable bonds is 4. The molecule has 2 aromatic rings. The van der Waals surface area contributed by atoms with Crippen molar-refractivity contribution in [2.24, 2.45) is 5.73 Å². The summed E-state index contributed by atoms with van der Waals surface area (Å²) in [4.78, 5) is 0.300. The molecule has 0 saturated heterocycles. The van der Waals surface area contributed by atoms with Crippen LogP contribution >= 0.6 is 28.1 Å². The third kappa shape index (κ3) is 3.36. The van der Waals surface area contributed by atoms with E-state index in [1.165, 1.54) is 12.1 Å². The number of benzene rings is 2. The third-order valence-corrected chi connectivity index (χ3v) is 4.64. The molecule has 0 spiro atoms. The van der Waals surface area contributed by atoms with Crippen LogP contribution in [0.25, 0.3) is 0 Å². The fourth-order valence-corrected chi connectivity index (χ4v) is 3.24. The minimum Gasteiger partial charge on any atom is -0.389 e. The number of thiocarbonyl (C=S) groups is 1. The molecule has 0 saturated carbocycles. The number of sulfonamides is 1. The Balaban J connectivity index is 2.43. The molecule has 0 aliphatic heterocycles. The quantitative estimate of drug-likeness (QED) is 0.811. The van der Waals surface area contributed by atoms with E-state index in [0.717, 1.165) is 4.47 Å². The normalized spacial score (nSPS) is 11.1. The molecule has 3 N–H and O–H groups in total. The van der Waals surface area contributed by atoms with Gasteiger partial charge in [-0.1, -0.05) is 46.3 Å². The zero-order valence-corrected chi connectivity index (χ0v) is 13.4. The molecule has 104 valence electrons. The molecular weight excluding hydrogens is 360 g/mol. The molecule has 0 aliphatic rings. The van der Waals surface area contributed by atoms with Crippen LogP contribution in [-0.2, 0) is 10.0 Å². The summed E-state index contributed by atoms with van der Waals surface area (Å²) in [5, 5.41) is 0. The average molecular weight is 371 g/mol. The minimum absolute atomic E-state index is 0.122. The molecule has 4 nitrogen and oxygen atoms in total. The van der Waals surface area contributed by atoms with Gasteiger partial charge in [-0.05, 0) is 30.3 Å². The van der Waals surface area contributed by atoms with E-state index in [1.807, 2.05) is 0 Å². The number of hydrogen-bond acceptors (Lipinski definition) is 3. The summed E-state index contributed by atoms with van der Waals surface area (Å²) in [6, 6.07) is 13.1. The third-order valence-electron chi connectivity index (χ3n) is 2.54. The highest BCUT2D eigenvalue weighted by molar-refractivity contribution is 9.10. The van der Waals surface area contributed by atoms with E-state index in [4.69, 9.17) is 18.0 Å². The Labute approximate surface area is 131 Å². The van der Waals surface area contributed by atoms with Crippen molar-refractivity contribution in [2.45, 2.75) is 4.90 Å². The van der Waals surface area contributed by atoms with Gasteiger partial charge in [-0.3, -0.25) is 4.72 Å². The van der Waals surface area contributed by atoms with Gasteiger partial charge < -0.3 is 5.73 Å². The first kappa shape index (κ1) is 15.0. The Morgan fingerprint density at radius 3 is 2.40 bits per heavy atom. The minimum atomic E-state index is -3.66. The van der Waals surface area contributed by atoms with Gasteiger partial charge >= 0.3 is 0 Å². The maximum absolute atomic E-state index is 12.3. The number of hydrogen-bond donors (Lipinski definition) is 2. The number of nitrogens with one attached hydrogen (secondary N) is 1. The van der Waals surface area contributed by atoms with E-state index in [-0.39, 0.29) is 9.88 Å². The van der Waals surface area contributed by atoms with Crippen molar-refractivity contribution in [1.82, 2.24) is 0 Å². The monoisotopic (exact) mass is 370 g/mol. The van der Waals surface area contributed by atoms with Crippen LogP contribution in [0, 0.1) is 0 Å². The van der Waals surface area contributed by atoms with Gasteiger partial charge in [-0.2, -0.15) is 0 Å².